The monoisotopic (exact) mass is 523 g/mol. The molecule has 0 spiro atoms. The molecule has 3 amide bonds. The lowest BCUT2D eigenvalue weighted by atomic mass is 9.84. The molecule has 4 atom stereocenters. The van der Waals surface area contributed by atoms with Crippen LogP contribution in [0.2, 0.25) is 0 Å². The highest BCUT2D eigenvalue weighted by Crippen LogP contribution is 2.47. The van der Waals surface area contributed by atoms with Crippen molar-refractivity contribution in [3.05, 3.63) is 53.6 Å². The third kappa shape index (κ3) is 6.51. The quantitative estimate of drug-likeness (QED) is 0.394. The number of anilines is 2. The molecule has 9 nitrogen and oxygen atoms in total. The van der Waals surface area contributed by atoms with Gasteiger partial charge in [-0.3, -0.25) is 4.79 Å². The lowest BCUT2D eigenvalue weighted by molar-refractivity contribution is -0.142. The summed E-state index contributed by atoms with van der Waals surface area (Å²) in [6.45, 7) is 0.495. The average molecular weight is 524 g/mol. The maximum absolute atomic E-state index is 12.7. The molecule has 0 aromatic heterocycles. The first kappa shape index (κ1) is 26.7. The van der Waals surface area contributed by atoms with E-state index >= 15 is 0 Å². The van der Waals surface area contributed by atoms with Crippen LogP contribution in [0.15, 0.2) is 42.5 Å². The predicted molar refractivity (Wildman–Crippen MR) is 128 cm³/mol. The van der Waals surface area contributed by atoms with E-state index in [2.05, 4.69) is 16.0 Å². The topological polar surface area (TPSA) is 118 Å². The molecule has 37 heavy (non-hydrogen) atoms. The average Bonchev–Trinajstić information content (AvgIpc) is 3.21. The van der Waals surface area contributed by atoms with E-state index in [9.17, 15) is 27.9 Å². The molecule has 0 saturated carbocycles. The van der Waals surface area contributed by atoms with Gasteiger partial charge in [-0.25, -0.2) is 4.79 Å². The van der Waals surface area contributed by atoms with Crippen LogP contribution in [0.4, 0.5) is 29.3 Å². The zero-order valence-electron chi connectivity index (χ0n) is 20.0. The SMILES string of the molecule is COCCNC(=O)C[C@H]1C[C@@H]2c3cc(NC(=O)Nc4ccc(C(F)(F)F)cc4)ccc3O[C@@H]2[C@H](CO)O1. The molecule has 0 unspecified atom stereocenters. The Hall–Kier alpha value is -3.35. The smallest absolute Gasteiger partial charge is 0.416 e. The van der Waals surface area contributed by atoms with E-state index in [4.69, 9.17) is 14.2 Å². The number of hydrogen-bond acceptors (Lipinski definition) is 6. The number of carbonyl (C=O) groups is 2. The molecule has 0 radical (unpaired) electrons. The van der Waals surface area contributed by atoms with E-state index in [1.54, 1.807) is 25.3 Å². The Labute approximate surface area is 211 Å². The summed E-state index contributed by atoms with van der Waals surface area (Å²) in [6, 6.07) is 8.58. The van der Waals surface area contributed by atoms with Crippen molar-refractivity contribution in [2.45, 2.75) is 43.2 Å². The minimum absolute atomic E-state index is 0.117. The molecule has 2 aromatic rings. The minimum atomic E-state index is -4.46. The number of ether oxygens (including phenoxy) is 3. The molecular weight excluding hydrogens is 495 g/mol. The Bertz CT molecular complexity index is 1110. The first-order valence-electron chi connectivity index (χ1n) is 11.8. The molecule has 2 heterocycles. The standard InChI is InChI=1S/C25H28F3N3O6/c1-35-9-8-29-22(33)12-17-11-19-18-10-16(6-7-20(18)37-23(19)21(13-32)36-17)31-24(34)30-15-4-2-14(3-5-15)25(26,27)28/h2-7,10,17,19,21,23,32H,8-9,11-13H2,1H3,(H,29,33)(H2,30,31,34)/t17-,19-,21+,23+/m1/s1. The van der Waals surface area contributed by atoms with Gasteiger partial charge in [0.15, 0.2) is 0 Å². The summed E-state index contributed by atoms with van der Waals surface area (Å²) >= 11 is 0. The maximum Gasteiger partial charge on any atom is 0.416 e. The van der Waals surface area contributed by atoms with Gasteiger partial charge in [-0.1, -0.05) is 0 Å². The van der Waals surface area contributed by atoms with Crippen LogP contribution in [0.3, 0.4) is 0 Å². The van der Waals surface area contributed by atoms with Crippen molar-refractivity contribution in [1.29, 1.82) is 0 Å². The number of rotatable bonds is 8. The van der Waals surface area contributed by atoms with Crippen LogP contribution < -0.4 is 20.7 Å². The van der Waals surface area contributed by atoms with Crippen molar-refractivity contribution in [2.75, 3.05) is 37.5 Å². The molecular formula is C25H28F3N3O6. The Morgan fingerprint density at radius 2 is 1.81 bits per heavy atom. The van der Waals surface area contributed by atoms with E-state index in [0.717, 1.165) is 17.7 Å². The fraction of sp³-hybridized carbons (Fsp3) is 0.440. The number of methoxy groups -OCH3 is 1. The van der Waals surface area contributed by atoms with Crippen LogP contribution in [0.1, 0.15) is 29.9 Å². The molecule has 2 aromatic carbocycles. The molecule has 1 saturated heterocycles. The summed E-state index contributed by atoms with van der Waals surface area (Å²) in [7, 11) is 1.54. The summed E-state index contributed by atoms with van der Waals surface area (Å²) in [6.07, 6.45) is -5.36. The Morgan fingerprint density at radius 1 is 1.11 bits per heavy atom. The number of aliphatic hydroxyl groups is 1. The van der Waals surface area contributed by atoms with Crippen LogP contribution in [-0.4, -0.2) is 62.2 Å². The van der Waals surface area contributed by atoms with Crippen LogP contribution in [0.5, 0.6) is 5.75 Å². The molecule has 4 N–H and O–H groups in total. The highest BCUT2D eigenvalue weighted by atomic mass is 19.4. The summed E-state index contributed by atoms with van der Waals surface area (Å²) in [4.78, 5) is 24.7. The molecule has 0 aliphatic carbocycles. The fourth-order valence-corrected chi connectivity index (χ4v) is 4.57. The van der Waals surface area contributed by atoms with Gasteiger partial charge in [-0.05, 0) is 48.9 Å². The number of carbonyl (C=O) groups excluding carboxylic acids is 2. The Kier molecular flexibility index (Phi) is 8.20. The summed E-state index contributed by atoms with van der Waals surface area (Å²) in [5, 5.41) is 17.8. The van der Waals surface area contributed by atoms with Crippen molar-refractivity contribution in [3.8, 4) is 5.75 Å². The van der Waals surface area contributed by atoms with Crippen molar-refractivity contribution >= 4 is 23.3 Å². The number of amides is 3. The van der Waals surface area contributed by atoms with E-state index in [1.807, 2.05) is 0 Å². The zero-order chi connectivity index (χ0) is 26.6. The second-order valence-corrected chi connectivity index (χ2v) is 8.86. The molecule has 4 rings (SSSR count). The second kappa shape index (κ2) is 11.4. The first-order chi connectivity index (χ1) is 17.7. The van der Waals surface area contributed by atoms with Gasteiger partial charge in [0.05, 0.1) is 31.3 Å². The van der Waals surface area contributed by atoms with Gasteiger partial charge in [0, 0.05) is 36.5 Å². The highest BCUT2D eigenvalue weighted by molar-refractivity contribution is 5.99. The van der Waals surface area contributed by atoms with E-state index in [-0.39, 0.29) is 30.5 Å². The maximum atomic E-state index is 12.7. The summed E-state index contributed by atoms with van der Waals surface area (Å²) in [5.41, 5.74) is 0.657. The molecule has 12 heteroatoms. The number of nitrogens with one attached hydrogen (secondary N) is 3. The van der Waals surface area contributed by atoms with E-state index in [1.165, 1.54) is 12.1 Å². The van der Waals surface area contributed by atoms with Gasteiger partial charge >= 0.3 is 12.2 Å². The lowest BCUT2D eigenvalue weighted by Crippen LogP contribution is -2.47. The van der Waals surface area contributed by atoms with Gasteiger partial charge < -0.3 is 35.3 Å². The number of benzene rings is 2. The molecule has 2 aliphatic rings. The van der Waals surface area contributed by atoms with Gasteiger partial charge in [-0.15, -0.1) is 0 Å². The number of urea groups is 1. The van der Waals surface area contributed by atoms with Gasteiger partial charge in [0.2, 0.25) is 5.91 Å². The van der Waals surface area contributed by atoms with Crippen molar-refractivity contribution in [3.63, 3.8) is 0 Å². The molecule has 1 fully saturated rings. The van der Waals surface area contributed by atoms with Crippen molar-refractivity contribution < 1.29 is 42.1 Å². The summed E-state index contributed by atoms with van der Waals surface area (Å²) < 4.78 is 55.1. The lowest BCUT2D eigenvalue weighted by Gasteiger charge is -2.37. The minimum Gasteiger partial charge on any atom is -0.487 e. The van der Waals surface area contributed by atoms with Crippen molar-refractivity contribution in [2.24, 2.45) is 0 Å². The Morgan fingerprint density at radius 3 is 2.49 bits per heavy atom. The highest BCUT2D eigenvalue weighted by Gasteiger charge is 2.46. The number of alkyl halides is 3. The van der Waals surface area contributed by atoms with E-state index in [0.29, 0.717) is 31.0 Å². The normalized spacial score (nSPS) is 22.4. The van der Waals surface area contributed by atoms with Gasteiger partial charge in [-0.2, -0.15) is 13.2 Å². The van der Waals surface area contributed by atoms with Gasteiger partial charge in [0.25, 0.3) is 0 Å². The largest absolute Gasteiger partial charge is 0.487 e. The number of hydrogen-bond donors (Lipinski definition) is 4. The van der Waals surface area contributed by atoms with Crippen molar-refractivity contribution in [1.82, 2.24) is 5.32 Å². The third-order valence-corrected chi connectivity index (χ3v) is 6.27. The molecule has 0 bridgehead atoms. The van der Waals surface area contributed by atoms with Crippen LogP contribution in [0, 0.1) is 0 Å². The molecule has 200 valence electrons. The summed E-state index contributed by atoms with van der Waals surface area (Å²) in [5.74, 6) is 0.236. The van der Waals surface area contributed by atoms with Crippen LogP contribution >= 0.6 is 0 Å². The number of fused-ring (bicyclic) bond motifs is 3. The number of halogens is 3. The van der Waals surface area contributed by atoms with Crippen LogP contribution in [-0.2, 0) is 20.4 Å². The van der Waals surface area contributed by atoms with E-state index < -0.39 is 36.1 Å². The van der Waals surface area contributed by atoms with Crippen LogP contribution in [0.25, 0.3) is 0 Å². The molecule has 2 aliphatic heterocycles. The fourth-order valence-electron chi connectivity index (χ4n) is 4.57. The zero-order valence-corrected chi connectivity index (χ0v) is 20.0. The second-order valence-electron chi connectivity index (χ2n) is 8.86. The third-order valence-electron chi connectivity index (χ3n) is 6.27. The Balaban J connectivity index is 1.41. The predicted octanol–water partition coefficient (Wildman–Crippen LogP) is 3.50. The van der Waals surface area contributed by atoms with Gasteiger partial charge in [0.1, 0.15) is 18.0 Å². The first-order valence-corrected chi connectivity index (χ1v) is 11.8. The number of aliphatic hydroxyl groups excluding tert-OH is 1.